The highest BCUT2D eigenvalue weighted by molar-refractivity contribution is 5.66. The minimum absolute atomic E-state index is 0.208. The van der Waals surface area contributed by atoms with E-state index in [4.69, 9.17) is 9.52 Å². The molecule has 0 radical (unpaired) electrons. The lowest BCUT2D eigenvalue weighted by Crippen LogP contribution is -1.94. The van der Waals surface area contributed by atoms with Gasteiger partial charge in [-0.05, 0) is 25.5 Å². The van der Waals surface area contributed by atoms with Crippen molar-refractivity contribution in [2.45, 2.75) is 26.2 Å². The van der Waals surface area contributed by atoms with Gasteiger partial charge in [-0.15, -0.1) is 0 Å². The van der Waals surface area contributed by atoms with Crippen molar-refractivity contribution in [3.8, 4) is 0 Å². The molecule has 3 nitrogen and oxygen atoms in total. The Morgan fingerprint density at radius 3 is 2.83 bits per heavy atom. The average Bonchev–Trinajstić information content (AvgIpc) is 2.35. The van der Waals surface area contributed by atoms with Gasteiger partial charge in [0.25, 0.3) is 0 Å². The van der Waals surface area contributed by atoms with Gasteiger partial charge in [0.2, 0.25) is 0 Å². The first-order valence-electron chi connectivity index (χ1n) is 3.95. The third-order valence-electron chi connectivity index (χ3n) is 1.61. The number of aryl methyl sites for hydroxylation is 2. The molecule has 1 aromatic rings. The van der Waals surface area contributed by atoms with Gasteiger partial charge in [-0.1, -0.05) is 0 Å². The fraction of sp³-hybridized carbons (Fsp3) is 0.444. The van der Waals surface area contributed by atoms with Gasteiger partial charge in [0, 0.05) is 12.8 Å². The van der Waals surface area contributed by atoms with Crippen molar-refractivity contribution in [2.75, 3.05) is 0 Å². The zero-order valence-electron chi connectivity index (χ0n) is 7.04. The molecule has 0 aromatic carbocycles. The largest absolute Gasteiger partial charge is 0.481 e. The highest BCUT2D eigenvalue weighted by Crippen LogP contribution is 2.09. The van der Waals surface area contributed by atoms with E-state index in [0.29, 0.717) is 12.8 Å². The van der Waals surface area contributed by atoms with E-state index in [1.54, 1.807) is 0 Å². The standard InChI is InChI=1S/C9H12O3/c1-7-5-6-8(12-7)3-2-4-9(10)11/h5-6H,2-4H2,1H3,(H,10,11). The molecule has 0 aliphatic carbocycles. The Labute approximate surface area is 71.0 Å². The van der Waals surface area contributed by atoms with E-state index in [1.807, 2.05) is 19.1 Å². The van der Waals surface area contributed by atoms with E-state index in [2.05, 4.69) is 0 Å². The van der Waals surface area contributed by atoms with E-state index in [-0.39, 0.29) is 6.42 Å². The second kappa shape index (κ2) is 3.95. The number of carboxylic acid groups (broad SMARTS) is 1. The monoisotopic (exact) mass is 168 g/mol. The fourth-order valence-electron chi connectivity index (χ4n) is 1.03. The highest BCUT2D eigenvalue weighted by Gasteiger charge is 2.00. The number of rotatable bonds is 4. The van der Waals surface area contributed by atoms with Crippen LogP contribution in [0.5, 0.6) is 0 Å². The van der Waals surface area contributed by atoms with Crippen LogP contribution in [-0.2, 0) is 11.2 Å². The van der Waals surface area contributed by atoms with Gasteiger partial charge < -0.3 is 9.52 Å². The molecule has 66 valence electrons. The zero-order chi connectivity index (χ0) is 8.97. The van der Waals surface area contributed by atoms with Crippen molar-refractivity contribution in [1.29, 1.82) is 0 Å². The average molecular weight is 168 g/mol. The number of aliphatic carboxylic acids is 1. The number of hydrogen-bond acceptors (Lipinski definition) is 2. The Bertz CT molecular complexity index is 262. The number of hydrogen-bond donors (Lipinski definition) is 1. The second-order valence-corrected chi connectivity index (χ2v) is 2.76. The lowest BCUT2D eigenvalue weighted by Gasteiger charge is -1.93. The molecule has 12 heavy (non-hydrogen) atoms. The molecule has 0 aliphatic rings. The van der Waals surface area contributed by atoms with Gasteiger partial charge in [-0.2, -0.15) is 0 Å². The number of furan rings is 1. The summed E-state index contributed by atoms with van der Waals surface area (Å²) in [4.78, 5) is 10.2. The molecule has 1 rings (SSSR count). The molecule has 1 heterocycles. The van der Waals surface area contributed by atoms with Gasteiger partial charge in [-0.3, -0.25) is 4.79 Å². The van der Waals surface area contributed by atoms with Crippen LogP contribution in [0.4, 0.5) is 0 Å². The number of carboxylic acids is 1. The van der Waals surface area contributed by atoms with E-state index < -0.39 is 5.97 Å². The molecule has 0 fully saturated rings. The fourth-order valence-corrected chi connectivity index (χ4v) is 1.03. The summed E-state index contributed by atoms with van der Waals surface area (Å²) in [6.45, 7) is 1.88. The Morgan fingerprint density at radius 1 is 1.58 bits per heavy atom. The molecule has 0 aliphatic heterocycles. The maximum absolute atomic E-state index is 10.2. The highest BCUT2D eigenvalue weighted by atomic mass is 16.4. The molecule has 1 N–H and O–H groups in total. The molecular weight excluding hydrogens is 156 g/mol. The smallest absolute Gasteiger partial charge is 0.303 e. The maximum Gasteiger partial charge on any atom is 0.303 e. The van der Waals surface area contributed by atoms with E-state index in [0.717, 1.165) is 11.5 Å². The third-order valence-corrected chi connectivity index (χ3v) is 1.61. The van der Waals surface area contributed by atoms with Crippen molar-refractivity contribution in [1.82, 2.24) is 0 Å². The summed E-state index contributed by atoms with van der Waals surface area (Å²) in [6.07, 6.45) is 1.56. The van der Waals surface area contributed by atoms with Gasteiger partial charge in [0.05, 0.1) is 0 Å². The molecule has 0 spiro atoms. The van der Waals surface area contributed by atoms with Gasteiger partial charge in [0.15, 0.2) is 0 Å². The molecule has 0 unspecified atom stereocenters. The molecule has 0 atom stereocenters. The Morgan fingerprint density at radius 2 is 2.33 bits per heavy atom. The summed E-state index contributed by atoms with van der Waals surface area (Å²) < 4.78 is 5.27. The predicted molar refractivity (Wildman–Crippen MR) is 44.0 cm³/mol. The summed E-state index contributed by atoms with van der Waals surface area (Å²) in [5.41, 5.74) is 0. The van der Waals surface area contributed by atoms with Crippen LogP contribution in [0.3, 0.4) is 0 Å². The SMILES string of the molecule is Cc1ccc(CCCC(=O)O)o1. The van der Waals surface area contributed by atoms with Crippen molar-refractivity contribution >= 4 is 5.97 Å². The van der Waals surface area contributed by atoms with Crippen LogP contribution in [0, 0.1) is 6.92 Å². The summed E-state index contributed by atoms with van der Waals surface area (Å²) in [5, 5.41) is 8.37. The molecule has 1 aromatic heterocycles. The summed E-state index contributed by atoms with van der Waals surface area (Å²) in [7, 11) is 0. The maximum atomic E-state index is 10.2. The second-order valence-electron chi connectivity index (χ2n) is 2.76. The normalized spacial score (nSPS) is 10.1. The van der Waals surface area contributed by atoms with Gasteiger partial charge in [-0.25, -0.2) is 0 Å². The minimum Gasteiger partial charge on any atom is -0.481 e. The van der Waals surface area contributed by atoms with Crippen LogP contribution in [0.15, 0.2) is 16.5 Å². The molecule has 0 saturated heterocycles. The topological polar surface area (TPSA) is 50.4 Å². The van der Waals surface area contributed by atoms with Crippen LogP contribution < -0.4 is 0 Å². The minimum atomic E-state index is -0.752. The van der Waals surface area contributed by atoms with E-state index >= 15 is 0 Å². The van der Waals surface area contributed by atoms with Crippen molar-refractivity contribution in [3.63, 3.8) is 0 Å². The number of carbonyl (C=O) groups is 1. The van der Waals surface area contributed by atoms with Crippen molar-refractivity contribution in [2.24, 2.45) is 0 Å². The van der Waals surface area contributed by atoms with Crippen molar-refractivity contribution < 1.29 is 14.3 Å². The molecule has 0 amide bonds. The van der Waals surface area contributed by atoms with Crippen LogP contribution in [0.25, 0.3) is 0 Å². The van der Waals surface area contributed by atoms with Gasteiger partial charge in [0.1, 0.15) is 11.5 Å². The van der Waals surface area contributed by atoms with Crippen LogP contribution >= 0.6 is 0 Å². The van der Waals surface area contributed by atoms with E-state index in [1.165, 1.54) is 0 Å². The third kappa shape index (κ3) is 2.78. The van der Waals surface area contributed by atoms with Gasteiger partial charge >= 0.3 is 5.97 Å². The lowest BCUT2D eigenvalue weighted by molar-refractivity contribution is -0.137. The van der Waals surface area contributed by atoms with Crippen molar-refractivity contribution in [3.05, 3.63) is 23.7 Å². The molecular formula is C9H12O3. The van der Waals surface area contributed by atoms with Crippen LogP contribution in [0.1, 0.15) is 24.4 Å². The summed E-state index contributed by atoms with van der Waals surface area (Å²) in [5.74, 6) is 0.993. The lowest BCUT2D eigenvalue weighted by atomic mass is 10.2. The molecule has 0 bridgehead atoms. The molecule has 0 saturated carbocycles. The van der Waals surface area contributed by atoms with Crippen LogP contribution in [0.2, 0.25) is 0 Å². The Balaban J connectivity index is 2.29. The quantitative estimate of drug-likeness (QED) is 0.748. The predicted octanol–water partition coefficient (Wildman–Crippen LogP) is 2.00. The Kier molecular flexibility index (Phi) is 2.91. The Hall–Kier alpha value is -1.25. The summed E-state index contributed by atoms with van der Waals surface area (Å²) in [6, 6.07) is 3.77. The first kappa shape index (κ1) is 8.84. The first-order chi connectivity index (χ1) is 5.68. The molecule has 3 heteroatoms. The van der Waals surface area contributed by atoms with Crippen LogP contribution in [-0.4, -0.2) is 11.1 Å². The zero-order valence-corrected chi connectivity index (χ0v) is 7.04. The first-order valence-corrected chi connectivity index (χ1v) is 3.95. The summed E-state index contributed by atoms with van der Waals surface area (Å²) >= 11 is 0. The van der Waals surface area contributed by atoms with E-state index in [9.17, 15) is 4.79 Å².